The minimum atomic E-state index is -3.45. The van der Waals surface area contributed by atoms with Gasteiger partial charge >= 0.3 is 0 Å². The summed E-state index contributed by atoms with van der Waals surface area (Å²) in [5.74, 6) is -0.159. The maximum atomic E-state index is 14.7. The number of carbonyl (C=O) groups excluding carboxylic acids is 1. The first-order chi connectivity index (χ1) is 18.9. The van der Waals surface area contributed by atoms with Gasteiger partial charge in [0.05, 0.1) is 24.0 Å². The minimum absolute atomic E-state index is 0.0941. The van der Waals surface area contributed by atoms with Crippen LogP contribution in [0.2, 0.25) is 10.0 Å². The molecule has 5 rings (SSSR count). The van der Waals surface area contributed by atoms with Gasteiger partial charge in [-0.05, 0) is 79.8 Å². The molecule has 1 heterocycles. The summed E-state index contributed by atoms with van der Waals surface area (Å²) in [7, 11) is -1.82. The smallest absolute Gasteiger partial charge is 0.229 e. The number of nitrogens with zero attached hydrogens (tertiary/aromatic N) is 2. The molecule has 10 heteroatoms. The predicted molar refractivity (Wildman–Crippen MR) is 157 cm³/mol. The third-order valence-electron chi connectivity index (χ3n) is 8.83. The van der Waals surface area contributed by atoms with E-state index in [0.29, 0.717) is 29.3 Å². The summed E-state index contributed by atoms with van der Waals surface area (Å²) in [6, 6.07) is 14.4. The standard InChI is InChI=1S/C30H38Cl2N2O5S/c1-30(15-24(36)18-35)16-26(21-4-3-5-23(32)14-21)28(20-8-10-22(31)11-9-20)34(29(30)37)27(19-6-7-19)17-33(2)40(38,39)25-12-13-25/h3-5,8-11,14,19,24-28,35-36H,6-7,12-13,15-18H2,1-2H3/t24?,26-,27+,28-,30+/m1/s1. The van der Waals surface area contributed by atoms with Crippen LogP contribution < -0.4 is 0 Å². The van der Waals surface area contributed by atoms with Crippen molar-refractivity contribution in [1.82, 2.24) is 9.21 Å². The highest BCUT2D eigenvalue weighted by Gasteiger charge is 2.55. The highest BCUT2D eigenvalue weighted by Crippen LogP contribution is 2.54. The number of likely N-dealkylation sites (tertiary alicyclic amines) is 1. The zero-order chi connectivity index (χ0) is 28.8. The molecule has 5 atom stereocenters. The molecule has 40 heavy (non-hydrogen) atoms. The van der Waals surface area contributed by atoms with Crippen molar-refractivity contribution in [2.75, 3.05) is 20.2 Å². The van der Waals surface area contributed by atoms with E-state index in [0.717, 1.165) is 24.0 Å². The van der Waals surface area contributed by atoms with Gasteiger partial charge in [0.25, 0.3) is 0 Å². The number of rotatable bonds is 11. The Labute approximate surface area is 247 Å². The van der Waals surface area contributed by atoms with Crippen molar-refractivity contribution in [2.45, 2.75) is 74.8 Å². The summed E-state index contributed by atoms with van der Waals surface area (Å²) in [5.41, 5.74) is 0.882. The van der Waals surface area contributed by atoms with E-state index in [1.54, 1.807) is 7.05 Å². The van der Waals surface area contributed by atoms with Crippen LogP contribution in [0.3, 0.4) is 0 Å². The predicted octanol–water partition coefficient (Wildman–Crippen LogP) is 5.00. The van der Waals surface area contributed by atoms with Gasteiger partial charge in [-0.15, -0.1) is 0 Å². The van der Waals surface area contributed by atoms with Gasteiger partial charge in [0.15, 0.2) is 0 Å². The molecule has 0 radical (unpaired) electrons. The van der Waals surface area contributed by atoms with Crippen molar-refractivity contribution in [3.05, 3.63) is 69.7 Å². The average molecular weight is 610 g/mol. The van der Waals surface area contributed by atoms with Crippen molar-refractivity contribution in [2.24, 2.45) is 11.3 Å². The van der Waals surface area contributed by atoms with E-state index in [1.807, 2.05) is 60.4 Å². The molecule has 7 nitrogen and oxygen atoms in total. The summed E-state index contributed by atoms with van der Waals surface area (Å²) < 4.78 is 27.8. The Morgan fingerprint density at radius 1 is 1.05 bits per heavy atom. The molecule has 0 bridgehead atoms. The highest BCUT2D eigenvalue weighted by atomic mass is 35.5. The maximum absolute atomic E-state index is 14.7. The molecule has 2 aromatic rings. The topological polar surface area (TPSA) is 98.2 Å². The monoisotopic (exact) mass is 608 g/mol. The first-order valence-electron chi connectivity index (χ1n) is 14.0. The van der Waals surface area contributed by atoms with Crippen LogP contribution in [-0.2, 0) is 14.8 Å². The lowest BCUT2D eigenvalue weighted by atomic mass is 9.66. The fourth-order valence-corrected chi connectivity index (χ4v) is 8.38. The Hall–Kier alpha value is -1.68. The number of aliphatic hydroxyl groups excluding tert-OH is 2. The maximum Gasteiger partial charge on any atom is 0.229 e. The third-order valence-corrected chi connectivity index (χ3v) is 11.7. The second kappa shape index (κ2) is 11.5. The van der Waals surface area contributed by atoms with Crippen LogP contribution in [-0.4, -0.2) is 71.3 Å². The summed E-state index contributed by atoms with van der Waals surface area (Å²) in [4.78, 5) is 16.6. The molecule has 1 amide bonds. The van der Waals surface area contributed by atoms with Gasteiger partial charge in [-0.1, -0.05) is 54.4 Å². The van der Waals surface area contributed by atoms with Crippen LogP contribution in [0.15, 0.2) is 48.5 Å². The Morgan fingerprint density at radius 3 is 2.30 bits per heavy atom. The molecule has 1 saturated heterocycles. The van der Waals surface area contributed by atoms with Crippen LogP contribution >= 0.6 is 23.2 Å². The number of halogens is 2. The molecule has 2 N–H and O–H groups in total. The molecule has 1 unspecified atom stereocenters. The zero-order valence-electron chi connectivity index (χ0n) is 22.9. The van der Waals surface area contributed by atoms with Crippen molar-refractivity contribution >= 4 is 39.1 Å². The number of likely N-dealkylation sites (N-methyl/N-ethyl adjacent to an activating group) is 1. The van der Waals surface area contributed by atoms with E-state index in [4.69, 9.17) is 23.2 Å². The van der Waals surface area contributed by atoms with Gasteiger partial charge in [0.1, 0.15) is 0 Å². The second-order valence-electron chi connectivity index (χ2n) is 12.1. The average Bonchev–Trinajstić information content (AvgIpc) is 3.82. The lowest BCUT2D eigenvalue weighted by Gasteiger charge is -2.53. The summed E-state index contributed by atoms with van der Waals surface area (Å²) in [6.07, 6.45) is 2.64. The van der Waals surface area contributed by atoms with Gasteiger partial charge in [0.2, 0.25) is 15.9 Å². The lowest BCUT2D eigenvalue weighted by molar-refractivity contribution is -0.158. The third kappa shape index (κ3) is 6.08. The van der Waals surface area contributed by atoms with Crippen molar-refractivity contribution in [3.63, 3.8) is 0 Å². The largest absolute Gasteiger partial charge is 0.394 e. The second-order valence-corrected chi connectivity index (χ2v) is 15.3. The molecule has 3 aliphatic rings. The van der Waals surface area contributed by atoms with Crippen LogP contribution in [0, 0.1) is 11.3 Å². The van der Waals surface area contributed by atoms with Crippen LogP contribution in [0.25, 0.3) is 0 Å². The number of amides is 1. The van der Waals surface area contributed by atoms with Crippen LogP contribution in [0.1, 0.15) is 68.5 Å². The summed E-state index contributed by atoms with van der Waals surface area (Å²) in [6.45, 7) is 1.62. The molecule has 0 spiro atoms. The van der Waals surface area contributed by atoms with Crippen molar-refractivity contribution in [3.8, 4) is 0 Å². The molecule has 218 valence electrons. The summed E-state index contributed by atoms with van der Waals surface area (Å²) in [5, 5.41) is 21.1. The first-order valence-corrected chi connectivity index (χ1v) is 16.3. The number of piperidine rings is 1. The van der Waals surface area contributed by atoms with E-state index in [1.165, 1.54) is 4.31 Å². The quantitative estimate of drug-likeness (QED) is 0.374. The van der Waals surface area contributed by atoms with Gasteiger partial charge in [-0.25, -0.2) is 12.7 Å². The number of benzene rings is 2. The molecule has 1 aliphatic heterocycles. The number of sulfonamides is 1. The molecule has 0 aromatic heterocycles. The Balaban J connectivity index is 1.64. The van der Waals surface area contributed by atoms with Gasteiger partial charge < -0.3 is 15.1 Å². The molecule has 2 aromatic carbocycles. The van der Waals surface area contributed by atoms with Crippen LogP contribution in [0.5, 0.6) is 0 Å². The number of hydrogen-bond donors (Lipinski definition) is 2. The van der Waals surface area contributed by atoms with Gasteiger partial charge in [-0.3, -0.25) is 4.79 Å². The van der Waals surface area contributed by atoms with Crippen molar-refractivity contribution < 1.29 is 23.4 Å². The van der Waals surface area contributed by atoms with Crippen LogP contribution in [0.4, 0.5) is 0 Å². The molecule has 3 fully saturated rings. The number of hydrogen-bond acceptors (Lipinski definition) is 5. The Morgan fingerprint density at radius 2 is 1.73 bits per heavy atom. The highest BCUT2D eigenvalue weighted by molar-refractivity contribution is 7.90. The number of aliphatic hydroxyl groups is 2. The molecule has 2 aliphatic carbocycles. The van der Waals surface area contributed by atoms with Gasteiger partial charge in [0, 0.05) is 41.0 Å². The summed E-state index contributed by atoms with van der Waals surface area (Å²) >= 11 is 12.7. The molecular formula is C30H38Cl2N2O5S. The lowest BCUT2D eigenvalue weighted by Crippen LogP contribution is -2.59. The van der Waals surface area contributed by atoms with Crippen molar-refractivity contribution in [1.29, 1.82) is 0 Å². The normalized spacial score (nSPS) is 27.2. The molecule has 2 saturated carbocycles. The molecular weight excluding hydrogens is 571 g/mol. The van der Waals surface area contributed by atoms with E-state index >= 15 is 0 Å². The van der Waals surface area contributed by atoms with E-state index in [9.17, 15) is 23.4 Å². The fraction of sp³-hybridized carbons (Fsp3) is 0.567. The zero-order valence-corrected chi connectivity index (χ0v) is 25.2. The van der Waals surface area contributed by atoms with E-state index in [-0.39, 0.29) is 42.0 Å². The Bertz CT molecular complexity index is 1330. The fourth-order valence-electron chi connectivity index (χ4n) is 6.45. The SMILES string of the molecule is CN(C[C@@H](C1CC1)N1C(=O)[C@@](C)(CC(O)CO)C[C@H](c2cccc(Cl)c2)[C@H]1c1ccc(Cl)cc1)S(=O)(=O)C1CC1. The number of carbonyl (C=O) groups is 1. The van der Waals surface area contributed by atoms with E-state index < -0.39 is 34.2 Å². The first kappa shape index (κ1) is 29.8. The Kier molecular flexibility index (Phi) is 8.60. The minimum Gasteiger partial charge on any atom is -0.394 e. The van der Waals surface area contributed by atoms with Gasteiger partial charge in [-0.2, -0.15) is 0 Å². The van der Waals surface area contributed by atoms with E-state index in [2.05, 4.69) is 0 Å².